The van der Waals surface area contributed by atoms with Crippen molar-refractivity contribution in [3.63, 3.8) is 0 Å². The second-order valence-electron chi connectivity index (χ2n) is 5.84. The lowest BCUT2D eigenvalue weighted by atomic mass is 9.83. The van der Waals surface area contributed by atoms with E-state index in [1.54, 1.807) is 0 Å². The molecule has 1 saturated carbocycles. The second kappa shape index (κ2) is 5.43. The van der Waals surface area contributed by atoms with Crippen LogP contribution in [0.1, 0.15) is 75.0 Å². The fourth-order valence-corrected chi connectivity index (χ4v) is 3.64. The third kappa shape index (κ3) is 2.33. The van der Waals surface area contributed by atoms with Crippen LogP contribution in [0.2, 0.25) is 0 Å². The molecule has 1 heterocycles. The molecule has 0 amide bonds. The summed E-state index contributed by atoms with van der Waals surface area (Å²) in [6.07, 6.45) is 6.61. The molecule has 0 spiro atoms. The van der Waals surface area contributed by atoms with Crippen molar-refractivity contribution in [1.29, 1.82) is 0 Å². The maximum absolute atomic E-state index is 6.07. The summed E-state index contributed by atoms with van der Waals surface area (Å²) in [4.78, 5) is 0. The molecule has 1 fully saturated rings. The Hall–Kier alpha value is -0.830. The summed E-state index contributed by atoms with van der Waals surface area (Å²) in [5.74, 6) is 0.790. The smallest absolute Gasteiger partial charge is 0.0644 e. The van der Waals surface area contributed by atoms with Gasteiger partial charge in [-0.3, -0.25) is 4.68 Å². The van der Waals surface area contributed by atoms with Gasteiger partial charge in [-0.2, -0.15) is 5.10 Å². The van der Waals surface area contributed by atoms with Gasteiger partial charge in [-0.15, -0.1) is 0 Å². The van der Waals surface area contributed by atoms with Crippen molar-refractivity contribution in [2.45, 2.75) is 71.9 Å². The summed E-state index contributed by atoms with van der Waals surface area (Å²) < 4.78 is 2.28. The Morgan fingerprint density at radius 1 is 1.33 bits per heavy atom. The van der Waals surface area contributed by atoms with Crippen LogP contribution in [-0.4, -0.2) is 9.78 Å². The van der Waals surface area contributed by atoms with E-state index in [4.69, 9.17) is 10.8 Å². The molecule has 3 atom stereocenters. The predicted octanol–water partition coefficient (Wildman–Crippen LogP) is 3.66. The number of aromatic nitrogens is 2. The number of nitrogens with two attached hydrogens (primary N) is 1. The van der Waals surface area contributed by atoms with Crippen LogP contribution in [0.3, 0.4) is 0 Å². The molecule has 0 saturated heterocycles. The van der Waals surface area contributed by atoms with Gasteiger partial charge < -0.3 is 5.73 Å². The highest BCUT2D eigenvalue weighted by molar-refractivity contribution is 5.28. The molecule has 1 aliphatic rings. The van der Waals surface area contributed by atoms with Crippen molar-refractivity contribution < 1.29 is 0 Å². The zero-order valence-electron chi connectivity index (χ0n) is 12.2. The molecule has 0 aromatic carbocycles. The average Bonchev–Trinajstić information content (AvgIpc) is 2.64. The molecule has 0 bridgehead atoms. The zero-order chi connectivity index (χ0) is 13.3. The first kappa shape index (κ1) is 13.6. The van der Waals surface area contributed by atoms with Gasteiger partial charge in [0.25, 0.3) is 0 Å². The maximum atomic E-state index is 6.07. The Morgan fingerprint density at radius 2 is 2.00 bits per heavy atom. The Morgan fingerprint density at radius 3 is 2.56 bits per heavy atom. The molecule has 3 nitrogen and oxygen atoms in total. The van der Waals surface area contributed by atoms with Crippen LogP contribution < -0.4 is 5.73 Å². The fourth-order valence-electron chi connectivity index (χ4n) is 3.64. The van der Waals surface area contributed by atoms with Crippen LogP contribution in [0.4, 0.5) is 0 Å². The summed E-state index contributed by atoms with van der Waals surface area (Å²) in [6, 6.07) is 0.678. The molecule has 1 aliphatic carbocycles. The van der Waals surface area contributed by atoms with Crippen molar-refractivity contribution >= 4 is 0 Å². The van der Waals surface area contributed by atoms with E-state index in [2.05, 4.69) is 32.4 Å². The normalized spacial score (nSPS) is 26.3. The molecule has 18 heavy (non-hydrogen) atoms. The van der Waals surface area contributed by atoms with Gasteiger partial charge in [0.2, 0.25) is 0 Å². The number of nitrogens with zero attached hydrogens (tertiary/aromatic N) is 2. The van der Waals surface area contributed by atoms with Gasteiger partial charge in [-0.1, -0.05) is 26.2 Å². The Balaban J connectivity index is 2.35. The van der Waals surface area contributed by atoms with Gasteiger partial charge >= 0.3 is 0 Å². The number of aryl methyl sites for hydroxylation is 1. The van der Waals surface area contributed by atoms with Crippen LogP contribution in [0.5, 0.6) is 0 Å². The summed E-state index contributed by atoms with van der Waals surface area (Å²) in [5, 5.41) is 4.79. The first-order valence-electron chi connectivity index (χ1n) is 7.37. The minimum absolute atomic E-state index is 0.0856. The summed E-state index contributed by atoms with van der Waals surface area (Å²) in [7, 11) is 0. The second-order valence-corrected chi connectivity index (χ2v) is 5.84. The number of hydrogen-bond acceptors (Lipinski definition) is 2. The summed E-state index contributed by atoms with van der Waals surface area (Å²) in [6.45, 7) is 8.63. The minimum atomic E-state index is 0.0856. The topological polar surface area (TPSA) is 43.8 Å². The molecule has 0 radical (unpaired) electrons. The summed E-state index contributed by atoms with van der Waals surface area (Å²) >= 11 is 0. The number of hydrogen-bond donors (Lipinski definition) is 1. The van der Waals surface area contributed by atoms with E-state index < -0.39 is 0 Å². The molecular formula is C15H27N3. The van der Waals surface area contributed by atoms with Gasteiger partial charge in [-0.05, 0) is 39.5 Å². The standard InChI is InChI=1S/C15H27N3/c1-5-13-8-6-7-9-14(13)18-12(4)15(10(2)16)11(3)17-18/h10,13-14H,5-9,16H2,1-4H3. The third-order valence-corrected chi connectivity index (χ3v) is 4.54. The Bertz CT molecular complexity index is 406. The van der Waals surface area contributed by atoms with Crippen molar-refractivity contribution in [1.82, 2.24) is 9.78 Å². The minimum Gasteiger partial charge on any atom is -0.324 e. The third-order valence-electron chi connectivity index (χ3n) is 4.54. The average molecular weight is 249 g/mol. The first-order chi connectivity index (χ1) is 8.56. The van der Waals surface area contributed by atoms with E-state index >= 15 is 0 Å². The maximum Gasteiger partial charge on any atom is 0.0644 e. The highest BCUT2D eigenvalue weighted by atomic mass is 15.3. The van der Waals surface area contributed by atoms with Crippen molar-refractivity contribution in [2.75, 3.05) is 0 Å². The quantitative estimate of drug-likeness (QED) is 0.888. The lowest BCUT2D eigenvalue weighted by Crippen LogP contribution is -2.24. The Kier molecular flexibility index (Phi) is 4.10. The first-order valence-corrected chi connectivity index (χ1v) is 7.37. The highest BCUT2D eigenvalue weighted by Crippen LogP contribution is 2.37. The van der Waals surface area contributed by atoms with E-state index in [1.807, 2.05) is 0 Å². The monoisotopic (exact) mass is 249 g/mol. The van der Waals surface area contributed by atoms with Crippen LogP contribution in [-0.2, 0) is 0 Å². The van der Waals surface area contributed by atoms with E-state index in [0.29, 0.717) is 6.04 Å². The van der Waals surface area contributed by atoms with Crippen molar-refractivity contribution in [2.24, 2.45) is 11.7 Å². The molecule has 2 N–H and O–H groups in total. The van der Waals surface area contributed by atoms with Crippen molar-refractivity contribution in [3.05, 3.63) is 17.0 Å². The van der Waals surface area contributed by atoms with Crippen LogP contribution >= 0.6 is 0 Å². The zero-order valence-corrected chi connectivity index (χ0v) is 12.2. The van der Waals surface area contributed by atoms with Gasteiger partial charge in [-0.25, -0.2) is 0 Å². The van der Waals surface area contributed by atoms with Gasteiger partial charge in [0.05, 0.1) is 11.7 Å². The van der Waals surface area contributed by atoms with Gasteiger partial charge in [0, 0.05) is 17.3 Å². The van der Waals surface area contributed by atoms with Gasteiger partial charge in [0.1, 0.15) is 0 Å². The van der Waals surface area contributed by atoms with Crippen LogP contribution in [0.15, 0.2) is 0 Å². The van der Waals surface area contributed by atoms with Crippen LogP contribution in [0, 0.1) is 19.8 Å². The largest absolute Gasteiger partial charge is 0.324 e. The molecule has 102 valence electrons. The molecule has 3 heteroatoms. The highest BCUT2D eigenvalue weighted by Gasteiger charge is 2.28. The van der Waals surface area contributed by atoms with E-state index in [0.717, 1.165) is 11.6 Å². The van der Waals surface area contributed by atoms with E-state index in [-0.39, 0.29) is 6.04 Å². The SMILES string of the molecule is CCC1CCCCC1n1nc(C)c(C(C)N)c1C. The van der Waals surface area contributed by atoms with E-state index in [1.165, 1.54) is 43.4 Å². The number of rotatable bonds is 3. The molecule has 2 rings (SSSR count). The molecule has 1 aromatic rings. The lowest BCUT2D eigenvalue weighted by molar-refractivity contribution is 0.214. The van der Waals surface area contributed by atoms with Crippen molar-refractivity contribution in [3.8, 4) is 0 Å². The lowest BCUT2D eigenvalue weighted by Gasteiger charge is -2.32. The van der Waals surface area contributed by atoms with E-state index in [9.17, 15) is 0 Å². The molecule has 1 aromatic heterocycles. The van der Waals surface area contributed by atoms with Crippen LogP contribution in [0.25, 0.3) is 0 Å². The summed E-state index contributed by atoms with van der Waals surface area (Å²) in [5.41, 5.74) is 9.72. The molecular weight excluding hydrogens is 222 g/mol. The molecule has 3 unspecified atom stereocenters. The van der Waals surface area contributed by atoms with Gasteiger partial charge in [0.15, 0.2) is 0 Å². The predicted molar refractivity (Wildman–Crippen MR) is 75.6 cm³/mol. The fraction of sp³-hybridized carbons (Fsp3) is 0.800. The molecule has 0 aliphatic heterocycles. The Labute approximate surface area is 111 Å².